The Morgan fingerprint density at radius 2 is 1.95 bits per heavy atom. The van der Waals surface area contributed by atoms with E-state index < -0.39 is 9.84 Å². The molecule has 0 radical (unpaired) electrons. The molecule has 1 aliphatic carbocycles. The van der Waals surface area contributed by atoms with Crippen LogP contribution in [0.1, 0.15) is 31.2 Å². The molecular weight excluding hydrogens is 290 g/mol. The molecule has 0 aliphatic heterocycles. The summed E-state index contributed by atoms with van der Waals surface area (Å²) in [7, 11) is -0.946. The lowest BCUT2D eigenvalue weighted by molar-refractivity contribution is 0.495. The highest BCUT2D eigenvalue weighted by Crippen LogP contribution is 2.35. The molecule has 1 N–H and O–H groups in total. The molecule has 1 saturated carbocycles. The van der Waals surface area contributed by atoms with Gasteiger partial charge in [-0.25, -0.2) is 8.42 Å². The van der Waals surface area contributed by atoms with Crippen molar-refractivity contribution in [3.63, 3.8) is 0 Å². The van der Waals surface area contributed by atoms with Crippen molar-refractivity contribution in [3.8, 4) is 0 Å². The van der Waals surface area contributed by atoms with E-state index in [0.717, 1.165) is 32.2 Å². The minimum absolute atomic E-state index is 0.141. The van der Waals surface area contributed by atoms with Crippen LogP contribution in [0.2, 0.25) is 0 Å². The zero-order valence-corrected chi connectivity index (χ0v) is 13.8. The first-order chi connectivity index (χ1) is 9.49. The van der Waals surface area contributed by atoms with Crippen molar-refractivity contribution >= 4 is 21.6 Å². The van der Waals surface area contributed by atoms with Crippen molar-refractivity contribution in [2.75, 3.05) is 13.3 Å². The van der Waals surface area contributed by atoms with Gasteiger partial charge in [-0.1, -0.05) is 18.6 Å². The van der Waals surface area contributed by atoms with Gasteiger partial charge < -0.3 is 5.32 Å². The number of nitrogens with one attached hydrogen (secondary N) is 1. The number of sulfone groups is 1. The Morgan fingerprint density at radius 3 is 2.55 bits per heavy atom. The third-order valence-electron chi connectivity index (χ3n) is 3.79. The van der Waals surface area contributed by atoms with E-state index in [0.29, 0.717) is 5.25 Å². The van der Waals surface area contributed by atoms with Crippen LogP contribution in [0.25, 0.3) is 0 Å². The van der Waals surface area contributed by atoms with E-state index in [1.807, 2.05) is 18.8 Å². The molecule has 20 heavy (non-hydrogen) atoms. The number of benzene rings is 1. The summed E-state index contributed by atoms with van der Waals surface area (Å²) in [5.74, 6) is 0. The summed E-state index contributed by atoms with van der Waals surface area (Å²) < 4.78 is 23.4. The van der Waals surface area contributed by atoms with Gasteiger partial charge in [0.05, 0.1) is 5.25 Å². The second-order valence-electron chi connectivity index (χ2n) is 5.53. The molecule has 0 heterocycles. The average Bonchev–Trinajstić information content (AvgIpc) is 2.41. The number of hydrogen-bond donors (Lipinski definition) is 1. The fraction of sp³-hybridized carbons (Fsp3) is 0.600. The maximum atomic E-state index is 11.7. The molecule has 1 fully saturated rings. The van der Waals surface area contributed by atoms with Crippen molar-refractivity contribution in [2.24, 2.45) is 0 Å². The summed E-state index contributed by atoms with van der Waals surface area (Å²) in [6.07, 6.45) is 5.14. The quantitative estimate of drug-likeness (QED) is 0.908. The van der Waals surface area contributed by atoms with Gasteiger partial charge in [0.2, 0.25) is 0 Å². The van der Waals surface area contributed by atoms with Gasteiger partial charge in [0, 0.05) is 22.9 Å². The van der Waals surface area contributed by atoms with E-state index in [4.69, 9.17) is 0 Å². The van der Waals surface area contributed by atoms with Crippen molar-refractivity contribution in [1.29, 1.82) is 0 Å². The maximum Gasteiger partial charge on any atom is 0.150 e. The molecular formula is C15H23NO2S2. The number of rotatable bonds is 5. The van der Waals surface area contributed by atoms with Crippen LogP contribution in [0.5, 0.6) is 0 Å². The van der Waals surface area contributed by atoms with Gasteiger partial charge in [-0.2, -0.15) is 0 Å². The highest BCUT2D eigenvalue weighted by Gasteiger charge is 2.29. The van der Waals surface area contributed by atoms with Crippen LogP contribution in [0.4, 0.5) is 0 Å². The molecule has 0 aromatic heterocycles. The molecule has 1 aliphatic rings. The predicted molar refractivity (Wildman–Crippen MR) is 86.0 cm³/mol. The van der Waals surface area contributed by atoms with Crippen molar-refractivity contribution < 1.29 is 8.42 Å². The third-order valence-corrected chi connectivity index (χ3v) is 6.74. The summed E-state index contributed by atoms with van der Waals surface area (Å²) >= 11 is 1.83. The van der Waals surface area contributed by atoms with Gasteiger partial charge in [0.25, 0.3) is 0 Å². The van der Waals surface area contributed by atoms with Crippen molar-refractivity contribution in [1.82, 2.24) is 5.32 Å². The first-order valence-corrected chi connectivity index (χ1v) is 9.91. The zero-order chi connectivity index (χ0) is 14.6. The van der Waals surface area contributed by atoms with Gasteiger partial charge in [0.15, 0.2) is 0 Å². The van der Waals surface area contributed by atoms with Gasteiger partial charge >= 0.3 is 0 Å². The molecule has 1 aromatic carbocycles. The molecule has 2 rings (SSSR count). The van der Waals surface area contributed by atoms with Crippen LogP contribution < -0.4 is 5.32 Å². The molecule has 5 heteroatoms. The van der Waals surface area contributed by atoms with Crippen LogP contribution in [-0.4, -0.2) is 32.2 Å². The lowest BCUT2D eigenvalue weighted by Gasteiger charge is -2.27. The number of thioether (sulfide) groups is 1. The minimum Gasteiger partial charge on any atom is -0.316 e. The topological polar surface area (TPSA) is 46.2 Å². The standard InChI is InChI=1S/C15H23NO2S2/c1-16-11-12-6-8-13(9-7-12)19-14-4-3-5-15(10-14)20(2,17)18/h6-9,14-16H,3-5,10-11H2,1-2H3. The second kappa shape index (κ2) is 6.96. The zero-order valence-electron chi connectivity index (χ0n) is 12.1. The SMILES string of the molecule is CNCc1ccc(SC2CCCC(S(C)(=O)=O)C2)cc1. The fourth-order valence-corrected chi connectivity index (χ4v) is 5.27. The summed E-state index contributed by atoms with van der Waals surface area (Å²) in [6.45, 7) is 0.879. The molecule has 3 nitrogen and oxygen atoms in total. The normalized spacial score (nSPS) is 23.7. The van der Waals surface area contributed by atoms with Crippen LogP contribution >= 0.6 is 11.8 Å². The third kappa shape index (κ3) is 4.50. The first kappa shape index (κ1) is 15.9. The summed E-state index contributed by atoms with van der Waals surface area (Å²) in [6, 6.07) is 8.55. The van der Waals surface area contributed by atoms with Crippen molar-refractivity contribution in [3.05, 3.63) is 29.8 Å². The average molecular weight is 313 g/mol. The lowest BCUT2D eigenvalue weighted by atomic mass is 10.00. The molecule has 2 unspecified atom stereocenters. The second-order valence-corrected chi connectivity index (χ2v) is 9.23. The van der Waals surface area contributed by atoms with Crippen LogP contribution in [0, 0.1) is 0 Å². The molecule has 0 bridgehead atoms. The molecule has 0 spiro atoms. The molecule has 2 atom stereocenters. The Hall–Kier alpha value is -0.520. The Labute approximate surface area is 126 Å². The Bertz CT molecular complexity index is 525. The monoisotopic (exact) mass is 313 g/mol. The Kier molecular flexibility index (Phi) is 5.52. The van der Waals surface area contributed by atoms with Crippen LogP contribution in [0.15, 0.2) is 29.2 Å². The summed E-state index contributed by atoms with van der Waals surface area (Å²) in [4.78, 5) is 1.24. The maximum absolute atomic E-state index is 11.7. The van der Waals surface area contributed by atoms with E-state index >= 15 is 0 Å². The van der Waals surface area contributed by atoms with Gasteiger partial charge in [-0.15, -0.1) is 11.8 Å². The first-order valence-electron chi connectivity index (χ1n) is 7.08. The van der Waals surface area contributed by atoms with Gasteiger partial charge in [-0.05, 0) is 44.0 Å². The van der Waals surface area contributed by atoms with E-state index in [1.54, 1.807) is 0 Å². The minimum atomic E-state index is -2.89. The van der Waals surface area contributed by atoms with E-state index in [9.17, 15) is 8.42 Å². The lowest BCUT2D eigenvalue weighted by Crippen LogP contribution is -2.28. The molecule has 1 aromatic rings. The summed E-state index contributed by atoms with van der Waals surface area (Å²) in [5, 5.41) is 3.42. The molecule has 0 saturated heterocycles. The predicted octanol–water partition coefficient (Wildman–Crippen LogP) is 2.85. The largest absolute Gasteiger partial charge is 0.316 e. The van der Waals surface area contributed by atoms with Crippen LogP contribution in [0.3, 0.4) is 0 Å². The van der Waals surface area contributed by atoms with E-state index in [2.05, 4.69) is 29.6 Å². The highest BCUT2D eigenvalue weighted by molar-refractivity contribution is 8.00. The molecule has 112 valence electrons. The van der Waals surface area contributed by atoms with E-state index in [-0.39, 0.29) is 5.25 Å². The van der Waals surface area contributed by atoms with E-state index in [1.165, 1.54) is 16.7 Å². The Morgan fingerprint density at radius 1 is 1.25 bits per heavy atom. The Balaban J connectivity index is 1.95. The molecule has 0 amide bonds. The van der Waals surface area contributed by atoms with Gasteiger partial charge in [-0.3, -0.25) is 0 Å². The van der Waals surface area contributed by atoms with Gasteiger partial charge in [0.1, 0.15) is 9.84 Å². The smallest absolute Gasteiger partial charge is 0.150 e. The number of hydrogen-bond acceptors (Lipinski definition) is 4. The summed E-state index contributed by atoms with van der Waals surface area (Å²) in [5.41, 5.74) is 1.27. The van der Waals surface area contributed by atoms with Crippen LogP contribution in [-0.2, 0) is 16.4 Å². The fourth-order valence-electron chi connectivity index (χ4n) is 2.68. The highest BCUT2D eigenvalue weighted by atomic mass is 32.2. The van der Waals surface area contributed by atoms with Crippen molar-refractivity contribution in [2.45, 2.75) is 47.6 Å².